The van der Waals surface area contributed by atoms with E-state index >= 15 is 0 Å². The van der Waals surface area contributed by atoms with E-state index in [9.17, 15) is 4.79 Å². The normalized spacial score (nSPS) is 14.8. The average molecular weight is 282 g/mol. The molecule has 0 saturated carbocycles. The molecule has 1 aromatic carbocycles. The second-order valence-corrected chi connectivity index (χ2v) is 6.53. The van der Waals surface area contributed by atoms with Gasteiger partial charge in [0.1, 0.15) is 0 Å². The minimum Gasteiger partial charge on any atom is -0.322 e. The van der Waals surface area contributed by atoms with Crippen molar-refractivity contribution in [3.8, 4) is 11.3 Å². The maximum absolute atomic E-state index is 12.2. The predicted octanol–water partition coefficient (Wildman–Crippen LogP) is 3.11. The van der Waals surface area contributed by atoms with Crippen molar-refractivity contribution in [2.75, 3.05) is 0 Å². The van der Waals surface area contributed by atoms with Gasteiger partial charge in [0.2, 0.25) is 0 Å². The number of aryl methyl sites for hydroxylation is 2. The van der Waals surface area contributed by atoms with Crippen LogP contribution in [0.3, 0.4) is 0 Å². The summed E-state index contributed by atoms with van der Waals surface area (Å²) in [6.07, 6.45) is 4.85. The Kier molecular flexibility index (Phi) is 3.46. The number of aromatic nitrogens is 1. The van der Waals surface area contributed by atoms with Gasteiger partial charge in [-0.1, -0.05) is 12.1 Å². The number of hydrogen-bond donors (Lipinski definition) is 2. The van der Waals surface area contributed by atoms with Gasteiger partial charge in [-0.05, 0) is 74.4 Å². The van der Waals surface area contributed by atoms with Gasteiger partial charge in [-0.3, -0.25) is 4.79 Å². The molecule has 0 amide bonds. The molecule has 0 radical (unpaired) electrons. The first kappa shape index (κ1) is 14.1. The number of aromatic amines is 1. The van der Waals surface area contributed by atoms with Gasteiger partial charge < -0.3 is 10.7 Å². The number of pyridine rings is 1. The molecule has 2 aromatic rings. The predicted molar refractivity (Wildman–Crippen MR) is 86.4 cm³/mol. The third-order valence-electron chi connectivity index (χ3n) is 4.26. The van der Waals surface area contributed by atoms with Gasteiger partial charge in [-0.2, -0.15) is 0 Å². The van der Waals surface area contributed by atoms with E-state index in [1.165, 1.54) is 30.4 Å². The Morgan fingerprint density at radius 2 is 1.76 bits per heavy atom. The zero-order valence-electron chi connectivity index (χ0n) is 12.7. The van der Waals surface area contributed by atoms with E-state index in [2.05, 4.69) is 23.2 Å². The maximum Gasteiger partial charge on any atom is 0.253 e. The van der Waals surface area contributed by atoms with Crippen LogP contribution in [-0.4, -0.2) is 4.98 Å². The van der Waals surface area contributed by atoms with Gasteiger partial charge in [0.25, 0.3) is 5.56 Å². The molecule has 1 aromatic heterocycles. The molecule has 3 rings (SSSR count). The SMILES string of the molecule is CC(C)(N)c1ccc(-c2ccc3c(c2)CCCC3)[nH]c1=O. The van der Waals surface area contributed by atoms with Crippen LogP contribution in [0.5, 0.6) is 0 Å². The van der Waals surface area contributed by atoms with E-state index in [1.807, 2.05) is 26.0 Å². The molecule has 0 spiro atoms. The molecule has 21 heavy (non-hydrogen) atoms. The van der Waals surface area contributed by atoms with Crippen LogP contribution < -0.4 is 11.3 Å². The topological polar surface area (TPSA) is 58.9 Å². The summed E-state index contributed by atoms with van der Waals surface area (Å²) < 4.78 is 0. The number of benzene rings is 1. The quantitative estimate of drug-likeness (QED) is 0.889. The third-order valence-corrected chi connectivity index (χ3v) is 4.26. The largest absolute Gasteiger partial charge is 0.322 e. The summed E-state index contributed by atoms with van der Waals surface area (Å²) >= 11 is 0. The van der Waals surface area contributed by atoms with Gasteiger partial charge in [-0.25, -0.2) is 0 Å². The fourth-order valence-corrected chi connectivity index (χ4v) is 3.05. The lowest BCUT2D eigenvalue weighted by Gasteiger charge is -2.19. The minimum absolute atomic E-state index is 0.0993. The lowest BCUT2D eigenvalue weighted by molar-refractivity contribution is 0.547. The Balaban J connectivity index is 2.01. The molecule has 3 heteroatoms. The van der Waals surface area contributed by atoms with Gasteiger partial charge in [0, 0.05) is 16.8 Å². The molecular weight excluding hydrogens is 260 g/mol. The summed E-state index contributed by atoms with van der Waals surface area (Å²) in [7, 11) is 0. The molecule has 0 saturated heterocycles. The second-order valence-electron chi connectivity index (χ2n) is 6.53. The second kappa shape index (κ2) is 5.15. The van der Waals surface area contributed by atoms with Crippen molar-refractivity contribution < 1.29 is 0 Å². The highest BCUT2D eigenvalue weighted by Crippen LogP contribution is 2.26. The summed E-state index contributed by atoms with van der Waals surface area (Å²) in [6.45, 7) is 3.69. The van der Waals surface area contributed by atoms with E-state index in [4.69, 9.17) is 5.73 Å². The van der Waals surface area contributed by atoms with E-state index in [0.29, 0.717) is 5.56 Å². The maximum atomic E-state index is 12.2. The summed E-state index contributed by atoms with van der Waals surface area (Å²) in [6, 6.07) is 10.3. The highest BCUT2D eigenvalue weighted by Gasteiger charge is 2.18. The van der Waals surface area contributed by atoms with E-state index < -0.39 is 5.54 Å². The summed E-state index contributed by atoms with van der Waals surface area (Å²) in [4.78, 5) is 15.2. The van der Waals surface area contributed by atoms with Crippen LogP contribution in [0.1, 0.15) is 43.4 Å². The van der Waals surface area contributed by atoms with E-state index in [1.54, 1.807) is 0 Å². The Labute approximate surface area is 125 Å². The first-order valence-corrected chi connectivity index (χ1v) is 7.60. The van der Waals surface area contributed by atoms with Crippen molar-refractivity contribution in [2.45, 2.75) is 45.1 Å². The lowest BCUT2D eigenvalue weighted by Crippen LogP contribution is -2.35. The average Bonchev–Trinajstić information content (AvgIpc) is 2.45. The van der Waals surface area contributed by atoms with E-state index in [-0.39, 0.29) is 5.56 Å². The summed E-state index contributed by atoms with van der Waals surface area (Å²) in [5, 5.41) is 0. The molecule has 1 aliphatic rings. The van der Waals surface area contributed by atoms with Crippen molar-refractivity contribution in [1.82, 2.24) is 4.98 Å². The standard InChI is InChI=1S/C18H22N2O/c1-18(2,19)15-9-10-16(20-17(15)21)14-8-7-12-5-3-4-6-13(12)11-14/h7-11H,3-6,19H2,1-2H3,(H,20,21). The van der Waals surface area contributed by atoms with Crippen molar-refractivity contribution >= 4 is 0 Å². The summed E-state index contributed by atoms with van der Waals surface area (Å²) in [5.74, 6) is 0. The van der Waals surface area contributed by atoms with Crippen LogP contribution in [0, 0.1) is 0 Å². The molecule has 110 valence electrons. The molecular formula is C18H22N2O. The molecule has 1 heterocycles. The minimum atomic E-state index is -0.623. The number of nitrogens with one attached hydrogen (secondary N) is 1. The zero-order valence-corrected chi connectivity index (χ0v) is 12.7. The Hall–Kier alpha value is -1.87. The molecule has 0 fully saturated rings. The number of H-pyrrole nitrogens is 1. The number of nitrogens with two attached hydrogens (primary N) is 1. The Morgan fingerprint density at radius 1 is 1.05 bits per heavy atom. The van der Waals surface area contributed by atoms with Gasteiger partial charge in [-0.15, -0.1) is 0 Å². The van der Waals surface area contributed by atoms with Crippen molar-refractivity contribution in [3.05, 3.63) is 57.4 Å². The van der Waals surface area contributed by atoms with Crippen LogP contribution in [0.4, 0.5) is 0 Å². The van der Waals surface area contributed by atoms with Crippen molar-refractivity contribution in [3.63, 3.8) is 0 Å². The fraction of sp³-hybridized carbons (Fsp3) is 0.389. The smallest absolute Gasteiger partial charge is 0.253 e. The molecule has 3 nitrogen and oxygen atoms in total. The van der Waals surface area contributed by atoms with Gasteiger partial charge >= 0.3 is 0 Å². The van der Waals surface area contributed by atoms with Crippen LogP contribution in [0.15, 0.2) is 35.1 Å². The number of hydrogen-bond acceptors (Lipinski definition) is 2. The highest BCUT2D eigenvalue weighted by molar-refractivity contribution is 5.61. The monoisotopic (exact) mass is 282 g/mol. The molecule has 0 atom stereocenters. The Bertz CT molecular complexity index is 723. The number of fused-ring (bicyclic) bond motifs is 1. The van der Waals surface area contributed by atoms with Crippen LogP contribution in [0.25, 0.3) is 11.3 Å². The Morgan fingerprint density at radius 3 is 2.43 bits per heavy atom. The third kappa shape index (κ3) is 2.79. The van der Waals surface area contributed by atoms with E-state index in [0.717, 1.165) is 17.7 Å². The van der Waals surface area contributed by atoms with Crippen LogP contribution >= 0.6 is 0 Å². The molecule has 0 unspecified atom stereocenters. The molecule has 1 aliphatic carbocycles. The first-order valence-electron chi connectivity index (χ1n) is 7.60. The summed E-state index contributed by atoms with van der Waals surface area (Å²) in [5.41, 5.74) is 10.7. The fourth-order valence-electron chi connectivity index (χ4n) is 3.05. The van der Waals surface area contributed by atoms with Crippen molar-refractivity contribution in [1.29, 1.82) is 0 Å². The number of rotatable bonds is 2. The van der Waals surface area contributed by atoms with Gasteiger partial charge in [0.15, 0.2) is 0 Å². The zero-order chi connectivity index (χ0) is 15.0. The molecule has 0 aliphatic heterocycles. The molecule has 3 N–H and O–H groups in total. The van der Waals surface area contributed by atoms with Crippen LogP contribution in [-0.2, 0) is 18.4 Å². The highest BCUT2D eigenvalue weighted by atomic mass is 16.1. The van der Waals surface area contributed by atoms with Crippen LogP contribution in [0.2, 0.25) is 0 Å². The van der Waals surface area contributed by atoms with Crippen molar-refractivity contribution in [2.24, 2.45) is 5.73 Å². The molecule has 0 bridgehead atoms. The van der Waals surface area contributed by atoms with Gasteiger partial charge in [0.05, 0.1) is 0 Å². The first-order chi connectivity index (χ1) is 9.95. The lowest BCUT2D eigenvalue weighted by atomic mass is 9.89.